The van der Waals surface area contributed by atoms with Gasteiger partial charge in [-0.3, -0.25) is 9.48 Å². The van der Waals surface area contributed by atoms with E-state index in [1.54, 1.807) is 6.20 Å². The van der Waals surface area contributed by atoms with Crippen LogP contribution in [0.5, 0.6) is 0 Å². The van der Waals surface area contributed by atoms with Crippen LogP contribution in [0.25, 0.3) is 11.3 Å². The fourth-order valence-corrected chi connectivity index (χ4v) is 3.70. The summed E-state index contributed by atoms with van der Waals surface area (Å²) in [5, 5.41) is 10.2. The van der Waals surface area contributed by atoms with Crippen molar-refractivity contribution in [3.8, 4) is 11.3 Å². The Labute approximate surface area is 155 Å². The molecule has 1 amide bonds. The number of hydrogen-bond donors (Lipinski definition) is 3. The average Bonchev–Trinajstić information content (AvgIpc) is 3.27. The van der Waals surface area contributed by atoms with Crippen molar-refractivity contribution < 1.29 is 13.9 Å². The molecule has 0 radical (unpaired) electrons. The van der Waals surface area contributed by atoms with Gasteiger partial charge in [-0.25, -0.2) is 9.37 Å². The number of carbonyl (C=O) groups is 1. The Hall–Kier alpha value is -2.52. The maximum atomic E-state index is 15.1. The lowest BCUT2D eigenvalue weighted by Crippen LogP contribution is -2.48. The molecule has 2 aliphatic heterocycles. The summed E-state index contributed by atoms with van der Waals surface area (Å²) >= 11 is 0. The highest BCUT2D eigenvalue weighted by Gasteiger charge is 2.33. The molecule has 1 aliphatic carbocycles. The van der Waals surface area contributed by atoms with Gasteiger partial charge in [0.15, 0.2) is 11.6 Å². The standard InChI is InChI=1S/C18H21FN6O2/c19-15-11-6-21-18(26)14(11)16(9-5-22-25(7-9)10-1-2-10)24-17(15)23-13-3-4-27-8-12(13)20/h5,7,10,12-13H,1-4,6,8,20H2,(H,21,26)(H,23,24). The molecule has 27 heavy (non-hydrogen) atoms. The second-order valence-electron chi connectivity index (χ2n) is 7.38. The van der Waals surface area contributed by atoms with Crippen LogP contribution in [0.1, 0.15) is 41.2 Å². The molecule has 3 aliphatic rings. The van der Waals surface area contributed by atoms with Gasteiger partial charge in [0, 0.05) is 42.6 Å². The third-order valence-electron chi connectivity index (χ3n) is 5.41. The highest BCUT2D eigenvalue weighted by Crippen LogP contribution is 2.37. The number of nitrogens with one attached hydrogen (secondary N) is 2. The summed E-state index contributed by atoms with van der Waals surface area (Å²) in [5.41, 5.74) is 7.90. The first-order chi connectivity index (χ1) is 13.1. The van der Waals surface area contributed by atoms with E-state index in [9.17, 15) is 4.79 Å². The summed E-state index contributed by atoms with van der Waals surface area (Å²) in [5.74, 6) is -0.679. The van der Waals surface area contributed by atoms with E-state index >= 15 is 4.39 Å². The predicted molar refractivity (Wildman–Crippen MR) is 95.7 cm³/mol. The molecular weight excluding hydrogens is 351 g/mol. The van der Waals surface area contributed by atoms with E-state index in [2.05, 4.69) is 20.7 Å². The first-order valence-electron chi connectivity index (χ1n) is 9.27. The zero-order valence-electron chi connectivity index (χ0n) is 14.7. The van der Waals surface area contributed by atoms with Gasteiger partial charge >= 0.3 is 0 Å². The average molecular weight is 372 g/mol. The Bertz CT molecular complexity index is 909. The smallest absolute Gasteiger partial charge is 0.254 e. The number of halogens is 1. The summed E-state index contributed by atoms with van der Waals surface area (Å²) in [4.78, 5) is 16.8. The lowest BCUT2D eigenvalue weighted by Gasteiger charge is -2.30. The van der Waals surface area contributed by atoms with Crippen molar-refractivity contribution in [2.45, 2.75) is 43.9 Å². The van der Waals surface area contributed by atoms with Crippen molar-refractivity contribution >= 4 is 11.7 Å². The van der Waals surface area contributed by atoms with Crippen LogP contribution in [0, 0.1) is 5.82 Å². The second-order valence-corrected chi connectivity index (χ2v) is 7.38. The highest BCUT2D eigenvalue weighted by molar-refractivity contribution is 6.04. The molecule has 8 nitrogen and oxygen atoms in total. The third-order valence-corrected chi connectivity index (χ3v) is 5.41. The number of amides is 1. The molecule has 2 fully saturated rings. The topological polar surface area (TPSA) is 107 Å². The van der Waals surface area contributed by atoms with Gasteiger partial charge in [0.2, 0.25) is 0 Å². The molecule has 2 aromatic rings. The molecule has 0 aromatic carbocycles. The van der Waals surface area contributed by atoms with E-state index < -0.39 is 5.82 Å². The number of hydrogen-bond acceptors (Lipinski definition) is 6. The molecule has 142 valence electrons. The van der Waals surface area contributed by atoms with E-state index in [-0.39, 0.29) is 30.4 Å². The fourth-order valence-electron chi connectivity index (χ4n) is 3.70. The van der Waals surface area contributed by atoms with Gasteiger partial charge in [-0.2, -0.15) is 5.10 Å². The van der Waals surface area contributed by atoms with Crippen LogP contribution in [0.3, 0.4) is 0 Å². The van der Waals surface area contributed by atoms with E-state index in [0.717, 1.165) is 18.4 Å². The van der Waals surface area contributed by atoms with Crippen LogP contribution >= 0.6 is 0 Å². The molecule has 1 saturated heterocycles. The monoisotopic (exact) mass is 372 g/mol. The minimum atomic E-state index is -0.500. The molecule has 2 atom stereocenters. The molecule has 2 unspecified atom stereocenters. The van der Waals surface area contributed by atoms with Gasteiger partial charge in [0.1, 0.15) is 0 Å². The molecule has 1 saturated carbocycles. The van der Waals surface area contributed by atoms with E-state index in [0.29, 0.717) is 42.5 Å². The van der Waals surface area contributed by atoms with Crippen molar-refractivity contribution in [3.05, 3.63) is 29.3 Å². The highest BCUT2D eigenvalue weighted by atomic mass is 19.1. The summed E-state index contributed by atoms with van der Waals surface area (Å²) in [6, 6.07) is 0.0406. The Kier molecular flexibility index (Phi) is 3.87. The van der Waals surface area contributed by atoms with Crippen LogP contribution in [-0.4, -0.2) is 46.0 Å². The Morgan fingerprint density at radius 2 is 2.22 bits per heavy atom. The van der Waals surface area contributed by atoms with Gasteiger partial charge in [0.05, 0.1) is 30.1 Å². The number of fused-ring (bicyclic) bond motifs is 1. The number of aromatic nitrogens is 3. The number of nitrogens with two attached hydrogens (primary N) is 1. The zero-order chi connectivity index (χ0) is 18.5. The molecule has 0 bridgehead atoms. The maximum Gasteiger partial charge on any atom is 0.254 e. The summed E-state index contributed by atoms with van der Waals surface area (Å²) < 4.78 is 22.3. The first-order valence-corrected chi connectivity index (χ1v) is 9.27. The van der Waals surface area contributed by atoms with Gasteiger partial charge < -0.3 is 21.1 Å². The third kappa shape index (κ3) is 2.87. The fraction of sp³-hybridized carbons (Fsp3) is 0.500. The minimum Gasteiger partial charge on any atom is -0.380 e. The number of carbonyl (C=O) groups excluding carboxylic acids is 1. The summed E-state index contributed by atoms with van der Waals surface area (Å²) in [6.07, 6.45) is 6.45. The number of pyridine rings is 1. The van der Waals surface area contributed by atoms with Crippen molar-refractivity contribution in [1.82, 2.24) is 20.1 Å². The van der Waals surface area contributed by atoms with Crippen molar-refractivity contribution in [2.24, 2.45) is 5.73 Å². The Balaban J connectivity index is 1.56. The van der Waals surface area contributed by atoms with Crippen LogP contribution in [0.4, 0.5) is 10.2 Å². The van der Waals surface area contributed by atoms with Gasteiger partial charge in [0.25, 0.3) is 5.91 Å². The number of anilines is 1. The lowest BCUT2D eigenvalue weighted by molar-refractivity contribution is 0.0751. The minimum absolute atomic E-state index is 0.127. The second kappa shape index (κ2) is 6.28. The van der Waals surface area contributed by atoms with E-state index in [1.165, 1.54) is 0 Å². The molecule has 4 N–H and O–H groups in total. The first kappa shape index (κ1) is 16.6. The molecule has 2 aromatic heterocycles. The molecular formula is C18H21FN6O2. The van der Waals surface area contributed by atoms with Crippen LogP contribution < -0.4 is 16.4 Å². The maximum absolute atomic E-state index is 15.1. The number of rotatable bonds is 4. The van der Waals surface area contributed by atoms with E-state index in [4.69, 9.17) is 10.5 Å². The molecule has 5 rings (SSSR count). The van der Waals surface area contributed by atoms with Gasteiger partial charge in [-0.05, 0) is 19.3 Å². The van der Waals surface area contributed by atoms with Gasteiger partial charge in [-0.15, -0.1) is 0 Å². The van der Waals surface area contributed by atoms with Gasteiger partial charge in [-0.1, -0.05) is 0 Å². The quantitative estimate of drug-likeness (QED) is 0.744. The van der Waals surface area contributed by atoms with Crippen molar-refractivity contribution in [2.75, 3.05) is 18.5 Å². The molecule has 9 heteroatoms. The van der Waals surface area contributed by atoms with Crippen LogP contribution in [-0.2, 0) is 11.3 Å². The molecule has 4 heterocycles. The normalized spacial score (nSPS) is 24.6. The number of nitrogens with zero attached hydrogens (tertiary/aromatic N) is 3. The zero-order valence-corrected chi connectivity index (χ0v) is 14.7. The Morgan fingerprint density at radius 1 is 1.37 bits per heavy atom. The largest absolute Gasteiger partial charge is 0.380 e. The van der Waals surface area contributed by atoms with Crippen molar-refractivity contribution in [1.29, 1.82) is 0 Å². The predicted octanol–water partition coefficient (Wildman–Crippen LogP) is 1.19. The summed E-state index contributed by atoms with van der Waals surface area (Å²) in [6.45, 7) is 1.14. The number of ether oxygens (including phenoxy) is 1. The Morgan fingerprint density at radius 3 is 3.00 bits per heavy atom. The van der Waals surface area contributed by atoms with Crippen molar-refractivity contribution in [3.63, 3.8) is 0 Å². The van der Waals surface area contributed by atoms with Crippen LogP contribution in [0.15, 0.2) is 12.4 Å². The lowest BCUT2D eigenvalue weighted by atomic mass is 10.0. The van der Waals surface area contributed by atoms with Crippen LogP contribution in [0.2, 0.25) is 0 Å². The summed E-state index contributed by atoms with van der Waals surface area (Å²) in [7, 11) is 0. The van der Waals surface area contributed by atoms with E-state index in [1.807, 2.05) is 10.9 Å². The molecule has 0 spiro atoms. The SMILES string of the molecule is NC1COCCC1Nc1nc(-c2cnn(C3CC3)c2)c2c(c1F)CNC2=O.